The first-order valence-electron chi connectivity index (χ1n) is 9.03. The highest BCUT2D eigenvalue weighted by atomic mass is 16.2. The maximum Gasteiger partial charge on any atom is 0.238 e. The van der Waals surface area contributed by atoms with E-state index in [0.717, 1.165) is 36.1 Å². The van der Waals surface area contributed by atoms with Crippen molar-refractivity contribution < 1.29 is 4.79 Å². The summed E-state index contributed by atoms with van der Waals surface area (Å²) in [6.07, 6.45) is 6.55. The highest BCUT2D eigenvalue weighted by Gasteiger charge is 2.40. The number of H-pyrrole nitrogens is 1. The molecule has 3 unspecified atom stereocenters. The summed E-state index contributed by atoms with van der Waals surface area (Å²) in [5.74, 6) is 1.55. The molecular weight excluding hydrogens is 302 g/mol. The number of hydrazine groups is 1. The fraction of sp³-hybridized carbons (Fsp3) is 0.556. The third-order valence-electron chi connectivity index (χ3n) is 5.28. The minimum absolute atomic E-state index is 0.0819. The van der Waals surface area contributed by atoms with Crippen LogP contribution < -0.4 is 16.2 Å². The number of imidazole rings is 1. The van der Waals surface area contributed by atoms with Gasteiger partial charge >= 0.3 is 0 Å². The maximum atomic E-state index is 12.4. The van der Waals surface area contributed by atoms with E-state index in [2.05, 4.69) is 26.1 Å². The second-order valence-electron chi connectivity index (χ2n) is 6.92. The molecule has 0 radical (unpaired) electrons. The zero-order valence-electron chi connectivity index (χ0n) is 13.8. The zero-order valence-corrected chi connectivity index (χ0v) is 13.8. The van der Waals surface area contributed by atoms with Crippen LogP contribution in [-0.4, -0.2) is 34.5 Å². The summed E-state index contributed by atoms with van der Waals surface area (Å²) in [7, 11) is 0. The van der Waals surface area contributed by atoms with Gasteiger partial charge in [0.05, 0.1) is 11.0 Å². The van der Waals surface area contributed by atoms with E-state index >= 15 is 0 Å². The van der Waals surface area contributed by atoms with E-state index in [0.29, 0.717) is 18.5 Å². The van der Waals surface area contributed by atoms with E-state index in [9.17, 15) is 4.79 Å². The molecule has 2 fully saturated rings. The Morgan fingerprint density at radius 3 is 3.00 bits per heavy atom. The number of hydrogen-bond acceptors (Lipinski definition) is 4. The first-order valence-corrected chi connectivity index (χ1v) is 9.03. The Morgan fingerprint density at radius 2 is 2.08 bits per heavy atom. The molecule has 1 aliphatic carbocycles. The van der Waals surface area contributed by atoms with Crippen molar-refractivity contribution in [2.75, 3.05) is 6.54 Å². The van der Waals surface area contributed by atoms with Crippen molar-refractivity contribution in [3.63, 3.8) is 0 Å². The third kappa shape index (κ3) is 3.16. The molecule has 1 aliphatic heterocycles. The average Bonchev–Trinajstić information content (AvgIpc) is 3.22. The topological polar surface area (TPSA) is 81.8 Å². The number of amides is 1. The second kappa shape index (κ2) is 6.91. The van der Waals surface area contributed by atoms with Crippen molar-refractivity contribution in [1.82, 2.24) is 26.1 Å². The number of aromatic amines is 1. The summed E-state index contributed by atoms with van der Waals surface area (Å²) < 4.78 is 0. The Kier molecular flexibility index (Phi) is 4.49. The lowest BCUT2D eigenvalue weighted by molar-refractivity contribution is -0.123. The number of rotatable bonds is 5. The van der Waals surface area contributed by atoms with Crippen LogP contribution in [0.3, 0.4) is 0 Å². The van der Waals surface area contributed by atoms with Crippen LogP contribution in [0.25, 0.3) is 11.0 Å². The van der Waals surface area contributed by atoms with Gasteiger partial charge in [-0.1, -0.05) is 25.0 Å². The lowest BCUT2D eigenvalue weighted by Crippen LogP contribution is -2.46. The molecule has 2 aliphatic rings. The Labute approximate surface area is 141 Å². The van der Waals surface area contributed by atoms with Crippen LogP contribution in [0.4, 0.5) is 0 Å². The summed E-state index contributed by atoms with van der Waals surface area (Å²) in [6, 6.07) is 8.43. The Bertz CT molecular complexity index is 679. The Balaban J connectivity index is 1.24. The molecule has 1 saturated carbocycles. The molecule has 4 N–H and O–H groups in total. The van der Waals surface area contributed by atoms with Crippen molar-refractivity contribution in [2.24, 2.45) is 5.92 Å². The molecule has 1 aromatic heterocycles. The van der Waals surface area contributed by atoms with Gasteiger partial charge in [0, 0.05) is 24.9 Å². The van der Waals surface area contributed by atoms with Crippen molar-refractivity contribution >= 4 is 16.9 Å². The van der Waals surface area contributed by atoms with Crippen LogP contribution in [0.1, 0.15) is 37.9 Å². The molecule has 128 valence electrons. The Morgan fingerprint density at radius 1 is 1.21 bits per heavy atom. The number of nitrogens with one attached hydrogen (secondary N) is 4. The summed E-state index contributed by atoms with van der Waals surface area (Å²) >= 11 is 0. The van der Waals surface area contributed by atoms with Crippen molar-refractivity contribution in [3.8, 4) is 0 Å². The number of benzene rings is 1. The molecule has 2 aromatic rings. The van der Waals surface area contributed by atoms with Gasteiger partial charge in [0.25, 0.3) is 0 Å². The molecule has 24 heavy (non-hydrogen) atoms. The molecule has 0 spiro atoms. The van der Waals surface area contributed by atoms with Gasteiger partial charge in [-0.2, -0.15) is 0 Å². The number of carbonyl (C=O) groups excluding carboxylic acids is 1. The molecule has 3 atom stereocenters. The molecule has 2 heterocycles. The number of hydrogen-bond donors (Lipinski definition) is 4. The summed E-state index contributed by atoms with van der Waals surface area (Å²) in [5, 5.41) is 3.08. The number of fused-ring (bicyclic) bond motifs is 2. The van der Waals surface area contributed by atoms with Gasteiger partial charge in [-0.25, -0.2) is 10.4 Å². The third-order valence-corrected chi connectivity index (χ3v) is 5.28. The summed E-state index contributed by atoms with van der Waals surface area (Å²) in [5.41, 5.74) is 8.56. The number of para-hydroxylation sites is 2. The smallest absolute Gasteiger partial charge is 0.238 e. The first kappa shape index (κ1) is 15.6. The van der Waals surface area contributed by atoms with Gasteiger partial charge in [0.1, 0.15) is 11.9 Å². The van der Waals surface area contributed by atoms with Crippen LogP contribution in [0.5, 0.6) is 0 Å². The second-order valence-corrected chi connectivity index (χ2v) is 6.92. The van der Waals surface area contributed by atoms with Crippen molar-refractivity contribution in [1.29, 1.82) is 0 Å². The molecular formula is C18H25N5O. The molecule has 6 heteroatoms. The molecule has 6 nitrogen and oxygen atoms in total. The summed E-state index contributed by atoms with van der Waals surface area (Å²) in [4.78, 5) is 20.3. The van der Waals surface area contributed by atoms with Crippen molar-refractivity contribution in [2.45, 2.75) is 50.6 Å². The average molecular weight is 327 g/mol. The fourth-order valence-corrected chi connectivity index (χ4v) is 4.00. The van der Waals surface area contributed by atoms with Crippen LogP contribution >= 0.6 is 0 Å². The van der Waals surface area contributed by atoms with E-state index in [1.54, 1.807) is 0 Å². The van der Waals surface area contributed by atoms with Crippen molar-refractivity contribution in [3.05, 3.63) is 30.1 Å². The number of aromatic nitrogens is 2. The van der Waals surface area contributed by atoms with Gasteiger partial charge in [0.15, 0.2) is 0 Å². The van der Waals surface area contributed by atoms with Gasteiger partial charge in [-0.3, -0.25) is 10.2 Å². The van der Waals surface area contributed by atoms with Gasteiger partial charge < -0.3 is 10.3 Å². The number of aryl methyl sites for hydroxylation is 1. The van der Waals surface area contributed by atoms with Crippen LogP contribution in [0, 0.1) is 5.92 Å². The van der Waals surface area contributed by atoms with E-state index in [-0.39, 0.29) is 11.9 Å². The molecule has 4 rings (SSSR count). The highest BCUT2D eigenvalue weighted by Crippen LogP contribution is 2.30. The van der Waals surface area contributed by atoms with E-state index in [4.69, 9.17) is 0 Å². The highest BCUT2D eigenvalue weighted by molar-refractivity contribution is 5.82. The van der Waals surface area contributed by atoms with Gasteiger partial charge in [0.2, 0.25) is 5.91 Å². The van der Waals surface area contributed by atoms with E-state index in [1.165, 1.54) is 19.3 Å². The zero-order chi connectivity index (χ0) is 16.4. The summed E-state index contributed by atoms with van der Waals surface area (Å²) in [6.45, 7) is 0.686. The predicted molar refractivity (Wildman–Crippen MR) is 93.2 cm³/mol. The van der Waals surface area contributed by atoms with E-state index in [1.807, 2.05) is 24.3 Å². The van der Waals surface area contributed by atoms with E-state index < -0.39 is 0 Å². The van der Waals surface area contributed by atoms with Gasteiger partial charge in [-0.15, -0.1) is 0 Å². The quantitative estimate of drug-likeness (QED) is 0.630. The standard InChI is InChI=1S/C18H25N5O/c24-18(17-12-6-1-2-7-13(12)22-23-17)19-11-5-10-16-20-14-8-3-4-9-15(14)21-16/h3-4,8-9,12-13,17,22-23H,1-2,5-7,10-11H2,(H,19,24)(H,20,21). The predicted octanol–water partition coefficient (Wildman–Crippen LogP) is 1.65. The molecule has 1 saturated heterocycles. The fourth-order valence-electron chi connectivity index (χ4n) is 4.00. The van der Waals surface area contributed by atoms with Crippen LogP contribution in [-0.2, 0) is 11.2 Å². The monoisotopic (exact) mass is 327 g/mol. The number of carbonyl (C=O) groups is 1. The lowest BCUT2D eigenvalue weighted by atomic mass is 9.81. The normalized spacial score (nSPS) is 26.4. The molecule has 0 bridgehead atoms. The van der Waals surface area contributed by atoms with Crippen LogP contribution in [0.15, 0.2) is 24.3 Å². The maximum absolute atomic E-state index is 12.4. The minimum Gasteiger partial charge on any atom is -0.355 e. The van der Waals surface area contributed by atoms with Gasteiger partial charge in [-0.05, 0) is 31.4 Å². The largest absolute Gasteiger partial charge is 0.355 e. The molecule has 1 aromatic carbocycles. The molecule has 1 amide bonds. The Hall–Kier alpha value is -1.92. The first-order chi connectivity index (χ1) is 11.8. The lowest BCUT2D eigenvalue weighted by Gasteiger charge is -2.26. The minimum atomic E-state index is -0.0819. The SMILES string of the molecule is O=C(NCCCc1nc2ccccc2[nH]1)C1NNC2CCCCC21. The number of nitrogens with zero attached hydrogens (tertiary/aromatic N) is 1. The van der Waals surface area contributed by atoms with Crippen LogP contribution in [0.2, 0.25) is 0 Å².